The van der Waals surface area contributed by atoms with Gasteiger partial charge in [-0.15, -0.1) is 0 Å². The van der Waals surface area contributed by atoms with E-state index in [0.29, 0.717) is 5.56 Å². The van der Waals surface area contributed by atoms with E-state index >= 15 is 0 Å². The first-order valence-corrected chi connectivity index (χ1v) is 9.85. The molecule has 0 heterocycles. The van der Waals surface area contributed by atoms with Crippen molar-refractivity contribution >= 4 is 35.2 Å². The normalized spacial score (nSPS) is 10.4. The van der Waals surface area contributed by atoms with Crippen molar-refractivity contribution in [2.24, 2.45) is 0 Å². The van der Waals surface area contributed by atoms with Gasteiger partial charge < -0.3 is 4.74 Å². The lowest BCUT2D eigenvalue weighted by atomic mass is 10.0. The average Bonchev–Trinajstić information content (AvgIpc) is 2.82. The maximum atomic E-state index is 12.3. The van der Waals surface area contributed by atoms with Crippen molar-refractivity contribution in [1.82, 2.24) is 16.2 Å². The second kappa shape index (κ2) is 10.7. The minimum absolute atomic E-state index is 0.0152. The number of rotatable bonds is 5. The fourth-order valence-electron chi connectivity index (χ4n) is 2.70. The zero-order chi connectivity index (χ0) is 22.1. The van der Waals surface area contributed by atoms with E-state index in [-0.39, 0.29) is 11.0 Å². The lowest BCUT2D eigenvalue weighted by molar-refractivity contribution is -0.115. The van der Waals surface area contributed by atoms with E-state index in [4.69, 9.17) is 17.0 Å². The molecule has 0 aliphatic heterocycles. The summed E-state index contributed by atoms with van der Waals surface area (Å²) in [5.41, 5.74) is 8.36. The lowest BCUT2D eigenvalue weighted by Gasteiger charge is -2.10. The van der Waals surface area contributed by atoms with Crippen LogP contribution in [0.1, 0.15) is 15.9 Å². The summed E-state index contributed by atoms with van der Waals surface area (Å²) in [7, 11) is 1.59. The maximum Gasteiger partial charge on any atom is 0.269 e. The van der Waals surface area contributed by atoms with Crippen molar-refractivity contribution in [3.8, 4) is 16.9 Å². The Bertz CT molecular complexity index is 1080. The van der Waals surface area contributed by atoms with Crippen molar-refractivity contribution in [3.05, 3.63) is 96.1 Å². The molecule has 6 nitrogen and oxygen atoms in total. The van der Waals surface area contributed by atoms with Crippen LogP contribution in [0.4, 0.5) is 0 Å². The number of benzene rings is 3. The molecule has 2 amide bonds. The molecule has 0 bridgehead atoms. The Kier molecular flexibility index (Phi) is 7.50. The van der Waals surface area contributed by atoms with Gasteiger partial charge in [-0.05, 0) is 59.2 Å². The van der Waals surface area contributed by atoms with Crippen molar-refractivity contribution in [2.45, 2.75) is 0 Å². The molecule has 0 fully saturated rings. The van der Waals surface area contributed by atoms with Crippen molar-refractivity contribution in [1.29, 1.82) is 0 Å². The maximum absolute atomic E-state index is 12.3. The molecule has 3 rings (SSSR count). The zero-order valence-corrected chi connectivity index (χ0v) is 17.6. The standard InChI is InChI=1S/C24H21N3O3S/c1-30-21-14-7-17(8-15-21)9-16-22(28)25-24(31)27-26-23(29)20-12-10-19(11-13-20)18-5-3-2-4-6-18/h2-16H,1H3,(H,26,29)(H2,25,27,28,31)/b16-9+. The molecule has 7 heteroatoms. The Morgan fingerprint density at radius 1 is 0.839 bits per heavy atom. The monoisotopic (exact) mass is 431 g/mol. The molecular weight excluding hydrogens is 410 g/mol. The molecule has 3 aromatic rings. The van der Waals surface area contributed by atoms with Crippen molar-refractivity contribution < 1.29 is 14.3 Å². The van der Waals surface area contributed by atoms with Gasteiger partial charge >= 0.3 is 0 Å². The topological polar surface area (TPSA) is 79.5 Å². The molecule has 0 aliphatic carbocycles. The Labute approximate surface area is 185 Å². The van der Waals surface area contributed by atoms with E-state index in [1.165, 1.54) is 6.08 Å². The van der Waals surface area contributed by atoms with E-state index in [2.05, 4.69) is 16.2 Å². The quantitative estimate of drug-likeness (QED) is 0.326. The minimum atomic E-state index is -0.421. The first-order valence-electron chi connectivity index (χ1n) is 9.44. The second-order valence-electron chi connectivity index (χ2n) is 6.45. The summed E-state index contributed by atoms with van der Waals surface area (Å²) in [5, 5.41) is 2.45. The Morgan fingerprint density at radius 3 is 2.13 bits per heavy atom. The van der Waals surface area contributed by atoms with Crippen LogP contribution in [0.25, 0.3) is 17.2 Å². The van der Waals surface area contributed by atoms with Crippen LogP contribution in [0.2, 0.25) is 0 Å². The number of nitrogens with one attached hydrogen (secondary N) is 3. The molecule has 0 aliphatic rings. The van der Waals surface area contributed by atoms with Gasteiger partial charge in [0.15, 0.2) is 5.11 Å². The fourth-order valence-corrected chi connectivity index (χ4v) is 2.85. The number of hydrogen-bond donors (Lipinski definition) is 3. The van der Waals surface area contributed by atoms with Crippen LogP contribution in [0.3, 0.4) is 0 Å². The molecule has 0 atom stereocenters. The molecule has 0 aromatic heterocycles. The molecule has 3 N–H and O–H groups in total. The molecule has 3 aromatic carbocycles. The van der Waals surface area contributed by atoms with Crippen molar-refractivity contribution in [2.75, 3.05) is 7.11 Å². The number of hydrogen-bond acceptors (Lipinski definition) is 4. The predicted octanol–water partition coefficient (Wildman–Crippen LogP) is 3.71. The van der Waals surface area contributed by atoms with Gasteiger partial charge in [0, 0.05) is 11.6 Å². The molecule has 156 valence electrons. The van der Waals surface area contributed by atoms with Crippen LogP contribution in [0, 0.1) is 0 Å². The average molecular weight is 432 g/mol. The third-order valence-electron chi connectivity index (χ3n) is 4.32. The Balaban J connectivity index is 1.46. The van der Waals surface area contributed by atoms with Gasteiger partial charge in [0.05, 0.1) is 7.11 Å². The van der Waals surface area contributed by atoms with Crippen LogP contribution in [0.15, 0.2) is 84.9 Å². The highest BCUT2D eigenvalue weighted by Crippen LogP contribution is 2.19. The van der Waals surface area contributed by atoms with Gasteiger partial charge in [0.1, 0.15) is 5.75 Å². The van der Waals surface area contributed by atoms with E-state index in [9.17, 15) is 9.59 Å². The van der Waals surface area contributed by atoms with Gasteiger partial charge in [-0.2, -0.15) is 0 Å². The summed E-state index contributed by atoms with van der Waals surface area (Å²) >= 11 is 5.04. The zero-order valence-electron chi connectivity index (χ0n) is 16.8. The van der Waals surface area contributed by atoms with Crippen LogP contribution < -0.4 is 20.9 Å². The first kappa shape index (κ1) is 21.7. The Hall–Kier alpha value is -3.97. The second-order valence-corrected chi connectivity index (χ2v) is 6.86. The highest BCUT2D eigenvalue weighted by Gasteiger charge is 2.07. The largest absolute Gasteiger partial charge is 0.497 e. The van der Waals surface area contributed by atoms with Gasteiger partial charge in [0.2, 0.25) is 5.91 Å². The first-order chi connectivity index (χ1) is 15.0. The van der Waals surface area contributed by atoms with Crippen LogP contribution in [-0.2, 0) is 4.79 Å². The summed E-state index contributed by atoms with van der Waals surface area (Å²) in [6.07, 6.45) is 2.99. The van der Waals surface area contributed by atoms with Gasteiger partial charge in [0.25, 0.3) is 5.91 Å². The molecule has 0 saturated carbocycles. The fraction of sp³-hybridized carbons (Fsp3) is 0.0417. The molecular formula is C24H21N3O3S. The molecule has 0 saturated heterocycles. The summed E-state index contributed by atoms with van der Waals surface area (Å²) in [6.45, 7) is 0. The van der Waals surface area contributed by atoms with Gasteiger partial charge in [-0.1, -0.05) is 54.6 Å². The third kappa shape index (κ3) is 6.52. The third-order valence-corrected chi connectivity index (χ3v) is 4.53. The predicted molar refractivity (Wildman–Crippen MR) is 125 cm³/mol. The van der Waals surface area contributed by atoms with Gasteiger partial charge in [-0.25, -0.2) is 0 Å². The highest BCUT2D eigenvalue weighted by molar-refractivity contribution is 7.80. The SMILES string of the molecule is COc1ccc(/C=C/C(=O)NC(=S)NNC(=O)c2ccc(-c3ccccc3)cc2)cc1. The number of carbonyl (C=O) groups excluding carboxylic acids is 2. The number of hydrazine groups is 1. The molecule has 31 heavy (non-hydrogen) atoms. The molecule has 0 radical (unpaired) electrons. The summed E-state index contributed by atoms with van der Waals surface area (Å²) < 4.78 is 5.09. The van der Waals surface area contributed by atoms with Crippen LogP contribution >= 0.6 is 12.2 Å². The number of amides is 2. The highest BCUT2D eigenvalue weighted by atomic mass is 32.1. The van der Waals surface area contributed by atoms with Crippen molar-refractivity contribution in [3.63, 3.8) is 0 Å². The van der Waals surface area contributed by atoms with Crippen LogP contribution in [-0.4, -0.2) is 24.0 Å². The van der Waals surface area contributed by atoms with E-state index in [1.807, 2.05) is 54.6 Å². The minimum Gasteiger partial charge on any atom is -0.497 e. The van der Waals surface area contributed by atoms with E-state index in [1.54, 1.807) is 37.5 Å². The lowest BCUT2D eigenvalue weighted by Crippen LogP contribution is -2.48. The number of ether oxygens (including phenoxy) is 1. The summed E-state index contributed by atoms with van der Waals surface area (Å²) in [4.78, 5) is 24.2. The van der Waals surface area contributed by atoms with Crippen LogP contribution in [0.5, 0.6) is 5.75 Å². The van der Waals surface area contributed by atoms with E-state index < -0.39 is 5.91 Å². The number of thiocarbonyl (C=S) groups is 1. The summed E-state index contributed by atoms with van der Waals surface area (Å²) in [6, 6.07) is 24.3. The number of methoxy groups -OCH3 is 1. The smallest absolute Gasteiger partial charge is 0.269 e. The molecule has 0 spiro atoms. The van der Waals surface area contributed by atoms with E-state index in [0.717, 1.165) is 22.4 Å². The summed E-state index contributed by atoms with van der Waals surface area (Å²) in [5.74, 6) is -0.0582. The Morgan fingerprint density at radius 2 is 1.48 bits per heavy atom. The molecule has 0 unspecified atom stereocenters. The number of carbonyl (C=O) groups is 2. The van der Waals surface area contributed by atoms with Gasteiger partial charge in [-0.3, -0.25) is 25.8 Å².